The Kier molecular flexibility index (Phi) is 5.16. The Hall–Kier alpha value is -3.45. The molecule has 0 amide bonds. The van der Waals surface area contributed by atoms with Gasteiger partial charge in [-0.05, 0) is 12.1 Å². The lowest BCUT2D eigenvalue weighted by Crippen LogP contribution is -2.00. The minimum absolute atomic E-state index is 0.115. The maximum Gasteiger partial charge on any atom is 0.273 e. The number of thioether (sulfide) groups is 1. The fourth-order valence-corrected chi connectivity index (χ4v) is 3.85. The van der Waals surface area contributed by atoms with Crippen molar-refractivity contribution in [2.24, 2.45) is 0 Å². The van der Waals surface area contributed by atoms with Crippen LogP contribution in [0.2, 0.25) is 0 Å². The van der Waals surface area contributed by atoms with Gasteiger partial charge in [0, 0.05) is 28.6 Å². The van der Waals surface area contributed by atoms with Crippen LogP contribution in [0.5, 0.6) is 0 Å². The molecule has 0 aliphatic carbocycles. The van der Waals surface area contributed by atoms with E-state index in [0.717, 1.165) is 17.1 Å². The molecule has 6 nitrogen and oxygen atoms in total. The zero-order valence-electron chi connectivity index (χ0n) is 14.8. The number of nitro benzene ring substituents is 1. The van der Waals surface area contributed by atoms with Crippen LogP contribution in [0.25, 0.3) is 17.1 Å². The van der Waals surface area contributed by atoms with E-state index < -0.39 is 0 Å². The van der Waals surface area contributed by atoms with E-state index in [1.807, 2.05) is 65.2 Å². The predicted octanol–water partition coefficient (Wildman–Crippen LogP) is 5.13. The predicted molar refractivity (Wildman–Crippen MR) is 109 cm³/mol. The van der Waals surface area contributed by atoms with Gasteiger partial charge < -0.3 is 0 Å². The van der Waals surface area contributed by atoms with Crippen molar-refractivity contribution in [2.45, 2.75) is 10.9 Å². The van der Waals surface area contributed by atoms with E-state index in [1.165, 1.54) is 17.8 Å². The average molecular weight is 388 g/mol. The highest BCUT2D eigenvalue weighted by molar-refractivity contribution is 7.98. The molecule has 0 radical (unpaired) electrons. The summed E-state index contributed by atoms with van der Waals surface area (Å²) in [5.41, 5.74) is 2.67. The zero-order chi connectivity index (χ0) is 19.3. The van der Waals surface area contributed by atoms with Gasteiger partial charge in [0.2, 0.25) is 0 Å². The van der Waals surface area contributed by atoms with Crippen molar-refractivity contribution in [1.82, 2.24) is 14.8 Å². The van der Waals surface area contributed by atoms with Crippen LogP contribution < -0.4 is 0 Å². The van der Waals surface area contributed by atoms with E-state index in [9.17, 15) is 10.1 Å². The summed E-state index contributed by atoms with van der Waals surface area (Å²) in [5.74, 6) is 1.16. The maximum absolute atomic E-state index is 11.3. The van der Waals surface area contributed by atoms with Crippen LogP contribution in [-0.4, -0.2) is 19.7 Å². The first-order valence-electron chi connectivity index (χ1n) is 8.65. The third-order valence-electron chi connectivity index (χ3n) is 4.22. The van der Waals surface area contributed by atoms with Crippen molar-refractivity contribution in [3.05, 3.63) is 101 Å². The number of hydrogen-bond acceptors (Lipinski definition) is 5. The van der Waals surface area contributed by atoms with Crippen molar-refractivity contribution in [3.8, 4) is 17.1 Å². The lowest BCUT2D eigenvalue weighted by molar-refractivity contribution is -0.385. The zero-order valence-corrected chi connectivity index (χ0v) is 15.6. The molecule has 1 aromatic heterocycles. The van der Waals surface area contributed by atoms with E-state index in [1.54, 1.807) is 18.2 Å². The summed E-state index contributed by atoms with van der Waals surface area (Å²) in [4.78, 5) is 10.9. The summed E-state index contributed by atoms with van der Waals surface area (Å²) >= 11 is 1.43. The van der Waals surface area contributed by atoms with Crippen molar-refractivity contribution in [2.75, 3.05) is 0 Å². The Labute approximate surface area is 166 Å². The number of rotatable bonds is 6. The SMILES string of the molecule is O=[N+]([O-])c1ccccc1CSc1nnc(-c2ccccc2)n1-c1ccccc1. The summed E-state index contributed by atoms with van der Waals surface area (Å²) in [5, 5.41) is 20.7. The second-order valence-electron chi connectivity index (χ2n) is 6.02. The second kappa shape index (κ2) is 8.06. The highest BCUT2D eigenvalue weighted by atomic mass is 32.2. The molecule has 138 valence electrons. The van der Waals surface area contributed by atoms with Gasteiger partial charge in [-0.2, -0.15) is 0 Å². The Bertz CT molecular complexity index is 1100. The molecule has 0 atom stereocenters. The van der Waals surface area contributed by atoms with Gasteiger partial charge in [0.25, 0.3) is 5.69 Å². The van der Waals surface area contributed by atoms with Gasteiger partial charge in [-0.1, -0.05) is 78.5 Å². The molecule has 3 aromatic carbocycles. The summed E-state index contributed by atoms with van der Waals surface area (Å²) in [7, 11) is 0. The van der Waals surface area contributed by atoms with Crippen LogP contribution in [0.4, 0.5) is 5.69 Å². The first-order valence-corrected chi connectivity index (χ1v) is 9.64. The summed E-state index contributed by atoms with van der Waals surface area (Å²) < 4.78 is 1.98. The quantitative estimate of drug-likeness (QED) is 0.260. The van der Waals surface area contributed by atoms with Gasteiger partial charge in [-0.15, -0.1) is 10.2 Å². The number of para-hydroxylation sites is 2. The first-order chi connectivity index (χ1) is 13.7. The molecule has 0 saturated carbocycles. The third kappa shape index (κ3) is 3.65. The Morgan fingerprint density at radius 2 is 1.50 bits per heavy atom. The molecule has 4 rings (SSSR count). The minimum atomic E-state index is -0.354. The van der Waals surface area contributed by atoms with Crippen LogP contribution in [0.15, 0.2) is 90.1 Å². The molecule has 0 aliphatic rings. The first kappa shape index (κ1) is 17.9. The Morgan fingerprint density at radius 3 is 2.21 bits per heavy atom. The monoisotopic (exact) mass is 388 g/mol. The lowest BCUT2D eigenvalue weighted by Gasteiger charge is -2.10. The molecule has 7 heteroatoms. The number of aromatic nitrogens is 3. The minimum Gasteiger partial charge on any atom is -0.270 e. The molecule has 0 N–H and O–H groups in total. The standard InChI is InChI=1S/C21H16N4O2S/c26-25(27)19-14-8-7-11-17(19)15-28-21-23-22-20(16-9-3-1-4-10-16)24(21)18-12-5-2-6-13-18/h1-14H,15H2. The van der Waals surface area contributed by atoms with Gasteiger partial charge in [0.05, 0.1) is 4.92 Å². The number of nitro groups is 1. The number of hydrogen-bond donors (Lipinski definition) is 0. The van der Waals surface area contributed by atoms with Gasteiger partial charge in [0.1, 0.15) is 0 Å². The lowest BCUT2D eigenvalue weighted by atomic mass is 10.2. The number of nitrogens with zero attached hydrogens (tertiary/aromatic N) is 4. The van der Waals surface area contributed by atoms with Crippen LogP contribution in [-0.2, 0) is 5.75 Å². The third-order valence-corrected chi connectivity index (χ3v) is 5.20. The molecule has 0 bridgehead atoms. The molecule has 0 unspecified atom stereocenters. The van der Waals surface area contributed by atoms with Crippen LogP contribution in [0, 0.1) is 10.1 Å². The molecule has 0 spiro atoms. The summed E-state index contributed by atoms with van der Waals surface area (Å²) in [6, 6.07) is 26.5. The van der Waals surface area contributed by atoms with E-state index >= 15 is 0 Å². The largest absolute Gasteiger partial charge is 0.273 e. The molecular weight excluding hydrogens is 372 g/mol. The fourth-order valence-electron chi connectivity index (χ4n) is 2.90. The van der Waals surface area contributed by atoms with E-state index in [4.69, 9.17) is 0 Å². The van der Waals surface area contributed by atoms with Crippen molar-refractivity contribution >= 4 is 17.4 Å². The van der Waals surface area contributed by atoms with Gasteiger partial charge in [0.15, 0.2) is 11.0 Å². The van der Waals surface area contributed by atoms with Crippen LogP contribution in [0.1, 0.15) is 5.56 Å². The van der Waals surface area contributed by atoms with E-state index in [-0.39, 0.29) is 10.6 Å². The fraction of sp³-hybridized carbons (Fsp3) is 0.0476. The highest BCUT2D eigenvalue weighted by Crippen LogP contribution is 2.31. The van der Waals surface area contributed by atoms with E-state index in [0.29, 0.717) is 16.5 Å². The van der Waals surface area contributed by atoms with Gasteiger partial charge in [-0.3, -0.25) is 14.7 Å². The van der Waals surface area contributed by atoms with Crippen molar-refractivity contribution < 1.29 is 4.92 Å². The Balaban J connectivity index is 1.72. The maximum atomic E-state index is 11.3. The molecule has 0 saturated heterocycles. The smallest absolute Gasteiger partial charge is 0.270 e. The molecule has 0 aliphatic heterocycles. The summed E-state index contributed by atoms with van der Waals surface area (Å²) in [6.07, 6.45) is 0. The molecule has 28 heavy (non-hydrogen) atoms. The molecular formula is C21H16N4O2S. The molecule has 0 fully saturated rings. The molecule has 4 aromatic rings. The van der Waals surface area contributed by atoms with Gasteiger partial charge >= 0.3 is 0 Å². The highest BCUT2D eigenvalue weighted by Gasteiger charge is 2.18. The summed E-state index contributed by atoms with van der Waals surface area (Å²) in [6.45, 7) is 0. The van der Waals surface area contributed by atoms with E-state index in [2.05, 4.69) is 10.2 Å². The Morgan fingerprint density at radius 1 is 0.857 bits per heavy atom. The van der Waals surface area contributed by atoms with Crippen molar-refractivity contribution in [3.63, 3.8) is 0 Å². The molecule has 1 heterocycles. The average Bonchev–Trinajstić information content (AvgIpc) is 3.17. The van der Waals surface area contributed by atoms with Crippen LogP contribution >= 0.6 is 11.8 Å². The normalized spacial score (nSPS) is 10.7. The number of benzene rings is 3. The van der Waals surface area contributed by atoms with Gasteiger partial charge in [-0.25, -0.2) is 0 Å². The van der Waals surface area contributed by atoms with Crippen LogP contribution in [0.3, 0.4) is 0 Å². The topological polar surface area (TPSA) is 73.8 Å². The van der Waals surface area contributed by atoms with Crippen molar-refractivity contribution in [1.29, 1.82) is 0 Å². The second-order valence-corrected chi connectivity index (χ2v) is 6.96.